The fourth-order valence-electron chi connectivity index (χ4n) is 1.34. The van der Waals surface area contributed by atoms with Crippen LogP contribution < -0.4 is 0 Å². The predicted molar refractivity (Wildman–Crippen MR) is 56.5 cm³/mol. The van der Waals surface area contributed by atoms with Gasteiger partial charge < -0.3 is 0 Å². The summed E-state index contributed by atoms with van der Waals surface area (Å²) in [5.74, 6) is 2.27. The monoisotopic (exact) mass is 203 g/mol. The summed E-state index contributed by atoms with van der Waals surface area (Å²) in [6.07, 6.45) is 0.926. The van der Waals surface area contributed by atoms with Crippen molar-refractivity contribution in [3.8, 4) is 0 Å². The Labute approximate surface area is 81.3 Å². The molecule has 0 N–H and O–H groups in total. The molecule has 5 heteroatoms. The number of hydrogen-bond donors (Lipinski definition) is 0. The zero-order valence-corrected chi connectivity index (χ0v) is 8.99. The van der Waals surface area contributed by atoms with E-state index in [1.165, 1.54) is 5.75 Å². The Morgan fingerprint density at radius 2 is 2.42 bits per heavy atom. The topological polar surface area (TPSA) is 48.8 Å². The lowest BCUT2D eigenvalue weighted by Crippen LogP contribution is -2.35. The molecule has 68 valence electrons. The Hall–Kier alpha value is 0.0100. The molecule has 0 unspecified atom stereocenters. The van der Waals surface area contributed by atoms with E-state index in [1.807, 2.05) is 11.8 Å². The maximum Gasteiger partial charge on any atom is 0.106 e. The summed E-state index contributed by atoms with van der Waals surface area (Å²) < 4.78 is 0. The molecule has 0 spiro atoms. The molecule has 1 rings (SSSR count). The number of thioether (sulfide) groups is 2. The Bertz CT molecular complexity index is 203. The fourth-order valence-corrected chi connectivity index (χ4v) is 4.18. The molecule has 1 aliphatic rings. The minimum Gasteiger partial charge on any atom is -0.156 e. The van der Waals surface area contributed by atoms with Crippen molar-refractivity contribution in [1.82, 2.24) is 0 Å². The first-order valence-electron chi connectivity index (χ1n) is 4.07. The average Bonchev–Trinajstić information content (AvgIpc) is 2.10. The summed E-state index contributed by atoms with van der Waals surface area (Å²) in [5.41, 5.74) is 8.47. The van der Waals surface area contributed by atoms with E-state index < -0.39 is 0 Å². The molecule has 2 atom stereocenters. The molecule has 1 heterocycles. The summed E-state index contributed by atoms with van der Waals surface area (Å²) in [7, 11) is 0. The largest absolute Gasteiger partial charge is 0.156 e. The van der Waals surface area contributed by atoms with Crippen molar-refractivity contribution in [3.05, 3.63) is 10.4 Å². The zero-order valence-electron chi connectivity index (χ0n) is 7.36. The molecule has 1 aliphatic heterocycles. The Morgan fingerprint density at radius 1 is 1.67 bits per heavy atom. The van der Waals surface area contributed by atoms with Gasteiger partial charge in [-0.3, -0.25) is 0 Å². The van der Waals surface area contributed by atoms with Gasteiger partial charge in [0.2, 0.25) is 0 Å². The Balaban J connectivity index is 2.80. The molecular formula is C7H13N3S2. The van der Waals surface area contributed by atoms with Crippen molar-refractivity contribution in [2.45, 2.75) is 30.4 Å². The van der Waals surface area contributed by atoms with E-state index in [0.29, 0.717) is 5.25 Å². The third-order valence-electron chi connectivity index (χ3n) is 2.16. The van der Waals surface area contributed by atoms with Crippen molar-refractivity contribution < 1.29 is 0 Å². The molecule has 0 bridgehead atoms. The van der Waals surface area contributed by atoms with Crippen molar-refractivity contribution in [1.29, 1.82) is 0 Å². The molecule has 0 aromatic carbocycles. The van der Waals surface area contributed by atoms with Gasteiger partial charge in [0.25, 0.3) is 0 Å². The third kappa shape index (κ3) is 1.84. The van der Waals surface area contributed by atoms with E-state index in [4.69, 9.17) is 5.53 Å². The van der Waals surface area contributed by atoms with Gasteiger partial charge in [-0.1, -0.05) is 19.0 Å². The van der Waals surface area contributed by atoms with E-state index in [0.717, 1.165) is 12.2 Å². The highest BCUT2D eigenvalue weighted by molar-refractivity contribution is 8.07. The van der Waals surface area contributed by atoms with Gasteiger partial charge >= 0.3 is 0 Å². The molecule has 0 aromatic heterocycles. The quantitative estimate of drug-likeness (QED) is 0.393. The molecule has 3 nitrogen and oxygen atoms in total. The minimum absolute atomic E-state index is 0.183. The molecule has 12 heavy (non-hydrogen) atoms. The number of hydrogen-bond acceptors (Lipinski definition) is 3. The molecule has 1 fully saturated rings. The second-order valence-electron chi connectivity index (χ2n) is 2.75. The van der Waals surface area contributed by atoms with E-state index in [1.54, 1.807) is 11.8 Å². The van der Waals surface area contributed by atoms with Crippen molar-refractivity contribution >= 4 is 23.5 Å². The number of nitrogens with zero attached hydrogens (tertiary/aromatic N) is 3. The highest BCUT2D eigenvalue weighted by Crippen LogP contribution is 2.44. The van der Waals surface area contributed by atoms with Gasteiger partial charge in [-0.15, -0.1) is 11.8 Å². The molecule has 0 aromatic rings. The number of azide groups is 1. The lowest BCUT2D eigenvalue weighted by molar-refractivity contribution is 0.578. The van der Waals surface area contributed by atoms with Crippen LogP contribution in [0.1, 0.15) is 20.3 Å². The van der Waals surface area contributed by atoms with Crippen LogP contribution in [0, 0.1) is 0 Å². The van der Waals surface area contributed by atoms with Crippen LogP contribution in [0.2, 0.25) is 0 Å². The van der Waals surface area contributed by atoms with E-state index in [2.05, 4.69) is 23.9 Å². The molecule has 0 radical (unpaired) electrons. The molecular weight excluding hydrogens is 190 g/mol. The minimum atomic E-state index is -0.183. The molecule has 0 amide bonds. The van der Waals surface area contributed by atoms with Crippen molar-refractivity contribution in [2.24, 2.45) is 5.11 Å². The Morgan fingerprint density at radius 3 is 2.92 bits per heavy atom. The lowest BCUT2D eigenvalue weighted by Gasteiger charge is -2.36. The van der Waals surface area contributed by atoms with Crippen LogP contribution in [-0.4, -0.2) is 21.6 Å². The Kier molecular flexibility index (Phi) is 3.62. The normalized spacial score (nSPS) is 35.7. The van der Waals surface area contributed by atoms with Gasteiger partial charge in [0, 0.05) is 21.7 Å². The van der Waals surface area contributed by atoms with Gasteiger partial charge in [-0.05, 0) is 12.0 Å². The van der Waals surface area contributed by atoms with Crippen LogP contribution in [0.15, 0.2) is 5.11 Å². The van der Waals surface area contributed by atoms with E-state index >= 15 is 0 Å². The van der Waals surface area contributed by atoms with Gasteiger partial charge in [-0.2, -0.15) is 11.8 Å². The van der Waals surface area contributed by atoms with Gasteiger partial charge in [0.05, 0.1) is 0 Å². The number of rotatable bonds is 2. The highest BCUT2D eigenvalue weighted by Gasteiger charge is 2.37. The van der Waals surface area contributed by atoms with Crippen LogP contribution in [0.25, 0.3) is 10.4 Å². The first-order chi connectivity index (χ1) is 5.75. The van der Waals surface area contributed by atoms with Gasteiger partial charge in [0.1, 0.15) is 4.87 Å². The standard InChI is InChI=1S/C7H13N3S2/c1-3-7(9-10-8)6(2)11-4-5-12-7/h6H,3-5H2,1-2H3/t6-,7+/m1/s1. The van der Waals surface area contributed by atoms with Crippen LogP contribution in [0.5, 0.6) is 0 Å². The first kappa shape index (κ1) is 10.1. The zero-order chi connectivity index (χ0) is 9.03. The summed E-state index contributed by atoms with van der Waals surface area (Å²) in [5, 5.41) is 4.38. The maximum atomic E-state index is 8.47. The maximum absolute atomic E-state index is 8.47. The van der Waals surface area contributed by atoms with Gasteiger partial charge in [0.15, 0.2) is 0 Å². The third-order valence-corrected chi connectivity index (χ3v) is 5.53. The second kappa shape index (κ2) is 4.30. The van der Waals surface area contributed by atoms with Crippen molar-refractivity contribution in [3.63, 3.8) is 0 Å². The van der Waals surface area contributed by atoms with E-state index in [9.17, 15) is 0 Å². The van der Waals surface area contributed by atoms with Crippen LogP contribution >= 0.6 is 23.5 Å². The molecule has 0 aliphatic carbocycles. The summed E-state index contributed by atoms with van der Waals surface area (Å²) in [6, 6.07) is 0. The second-order valence-corrected chi connectivity index (χ2v) is 5.60. The van der Waals surface area contributed by atoms with Gasteiger partial charge in [-0.25, -0.2) is 0 Å². The molecule has 0 saturated carbocycles. The van der Waals surface area contributed by atoms with Crippen LogP contribution in [0.3, 0.4) is 0 Å². The average molecular weight is 203 g/mol. The van der Waals surface area contributed by atoms with Crippen molar-refractivity contribution in [2.75, 3.05) is 11.5 Å². The summed E-state index contributed by atoms with van der Waals surface area (Å²) in [6.45, 7) is 4.24. The van der Waals surface area contributed by atoms with E-state index in [-0.39, 0.29) is 4.87 Å². The first-order valence-corrected chi connectivity index (χ1v) is 6.10. The lowest BCUT2D eigenvalue weighted by atomic mass is 10.2. The summed E-state index contributed by atoms with van der Waals surface area (Å²) in [4.78, 5) is 2.76. The predicted octanol–water partition coefficient (Wildman–Crippen LogP) is 3.27. The summed E-state index contributed by atoms with van der Waals surface area (Å²) >= 11 is 3.71. The van der Waals surface area contributed by atoms with Crippen LogP contribution in [-0.2, 0) is 0 Å². The van der Waals surface area contributed by atoms with Crippen LogP contribution in [0.4, 0.5) is 0 Å². The SMILES string of the molecule is CC[C@]1(N=[N+]=[N-])SCCS[C@@H]1C. The highest BCUT2D eigenvalue weighted by atomic mass is 32.2. The molecule has 1 saturated heterocycles. The smallest absolute Gasteiger partial charge is 0.106 e. The fraction of sp³-hybridized carbons (Fsp3) is 1.00.